The number of fused-ring (bicyclic) bond motifs is 1. The monoisotopic (exact) mass is 362 g/mol. The SMILES string of the molecule is Br.N=C1SC2CS(=O)(=O)CC2N1Cc1ccccc1. The molecule has 0 bridgehead atoms. The van der Waals surface area contributed by atoms with Crippen molar-refractivity contribution in [1.29, 1.82) is 5.41 Å². The molecule has 2 atom stereocenters. The first-order chi connectivity index (χ1) is 8.55. The van der Waals surface area contributed by atoms with Gasteiger partial charge in [0.2, 0.25) is 0 Å². The van der Waals surface area contributed by atoms with Crippen LogP contribution in [0.2, 0.25) is 0 Å². The van der Waals surface area contributed by atoms with Crippen molar-refractivity contribution in [3.05, 3.63) is 35.9 Å². The van der Waals surface area contributed by atoms with Gasteiger partial charge in [0.05, 0.1) is 17.5 Å². The number of sulfone groups is 1. The summed E-state index contributed by atoms with van der Waals surface area (Å²) in [6.07, 6.45) is 0. The number of nitrogens with one attached hydrogen (secondary N) is 1. The average Bonchev–Trinajstić information content (AvgIpc) is 2.74. The molecule has 2 saturated heterocycles. The van der Waals surface area contributed by atoms with E-state index in [1.807, 2.05) is 35.2 Å². The van der Waals surface area contributed by atoms with Crippen LogP contribution < -0.4 is 0 Å². The Morgan fingerprint density at radius 1 is 1.26 bits per heavy atom. The zero-order valence-corrected chi connectivity index (χ0v) is 13.5. The lowest BCUT2D eigenvalue weighted by Crippen LogP contribution is -2.36. The van der Waals surface area contributed by atoms with Crippen molar-refractivity contribution >= 4 is 43.7 Å². The second-order valence-electron chi connectivity index (χ2n) is 4.72. The Morgan fingerprint density at radius 3 is 2.63 bits per heavy atom. The smallest absolute Gasteiger partial charge is 0.157 e. The fourth-order valence-corrected chi connectivity index (χ4v) is 6.36. The summed E-state index contributed by atoms with van der Waals surface area (Å²) in [5, 5.41) is 8.53. The third-order valence-electron chi connectivity index (χ3n) is 3.39. The highest BCUT2D eigenvalue weighted by Crippen LogP contribution is 2.38. The number of amidine groups is 1. The van der Waals surface area contributed by atoms with Gasteiger partial charge in [-0.2, -0.15) is 0 Å². The molecule has 2 heterocycles. The van der Waals surface area contributed by atoms with Crippen LogP contribution in [0, 0.1) is 5.41 Å². The Hall–Kier alpha value is -0.530. The van der Waals surface area contributed by atoms with Gasteiger partial charge in [-0.25, -0.2) is 8.42 Å². The molecule has 3 rings (SSSR count). The summed E-state index contributed by atoms with van der Waals surface area (Å²) in [7, 11) is -2.91. The summed E-state index contributed by atoms with van der Waals surface area (Å²) < 4.78 is 23.3. The molecule has 2 aliphatic heterocycles. The van der Waals surface area contributed by atoms with E-state index < -0.39 is 9.84 Å². The number of rotatable bonds is 2. The quantitative estimate of drug-likeness (QED) is 0.872. The number of nitrogens with zero attached hydrogens (tertiary/aromatic N) is 1. The highest BCUT2D eigenvalue weighted by Gasteiger charge is 2.47. The van der Waals surface area contributed by atoms with Gasteiger partial charge in [0.15, 0.2) is 15.0 Å². The van der Waals surface area contributed by atoms with Crippen LogP contribution in [0.4, 0.5) is 0 Å². The molecule has 2 unspecified atom stereocenters. The number of hydrogen-bond acceptors (Lipinski definition) is 4. The van der Waals surface area contributed by atoms with E-state index in [9.17, 15) is 8.42 Å². The van der Waals surface area contributed by atoms with Gasteiger partial charge >= 0.3 is 0 Å². The largest absolute Gasteiger partial charge is 0.342 e. The van der Waals surface area contributed by atoms with E-state index in [4.69, 9.17) is 5.41 Å². The first-order valence-corrected chi connectivity index (χ1v) is 8.51. The summed E-state index contributed by atoms with van der Waals surface area (Å²) in [4.78, 5) is 1.93. The summed E-state index contributed by atoms with van der Waals surface area (Å²) in [5.41, 5.74) is 1.12. The molecule has 0 aliphatic carbocycles. The van der Waals surface area contributed by atoms with Gasteiger partial charge in [-0.05, 0) is 5.56 Å². The van der Waals surface area contributed by atoms with E-state index in [0.717, 1.165) is 5.56 Å². The van der Waals surface area contributed by atoms with Crippen LogP contribution in [0.3, 0.4) is 0 Å². The van der Waals surface area contributed by atoms with Crippen molar-refractivity contribution in [1.82, 2.24) is 4.90 Å². The van der Waals surface area contributed by atoms with E-state index in [2.05, 4.69) is 0 Å². The fourth-order valence-electron chi connectivity index (χ4n) is 2.53. The highest BCUT2D eigenvalue weighted by atomic mass is 79.9. The van der Waals surface area contributed by atoms with E-state index in [-0.39, 0.29) is 39.8 Å². The van der Waals surface area contributed by atoms with Crippen LogP contribution in [-0.4, -0.2) is 41.3 Å². The van der Waals surface area contributed by atoms with Crippen molar-refractivity contribution in [2.24, 2.45) is 0 Å². The summed E-state index contributed by atoms with van der Waals surface area (Å²) in [5.74, 6) is 0.413. The third kappa shape index (κ3) is 2.98. The Morgan fingerprint density at radius 2 is 1.95 bits per heavy atom. The molecule has 2 aliphatic rings. The first-order valence-electron chi connectivity index (χ1n) is 5.81. The zero-order chi connectivity index (χ0) is 12.8. The molecule has 7 heteroatoms. The molecule has 0 spiro atoms. The van der Waals surface area contributed by atoms with Gasteiger partial charge in [-0.1, -0.05) is 42.1 Å². The maximum absolute atomic E-state index is 11.6. The molecule has 2 fully saturated rings. The van der Waals surface area contributed by atoms with Crippen LogP contribution in [0.25, 0.3) is 0 Å². The van der Waals surface area contributed by atoms with Crippen LogP contribution in [0.5, 0.6) is 0 Å². The van der Waals surface area contributed by atoms with Crippen LogP contribution in [0.15, 0.2) is 30.3 Å². The highest BCUT2D eigenvalue weighted by molar-refractivity contribution is 8.93. The van der Waals surface area contributed by atoms with Crippen LogP contribution in [-0.2, 0) is 16.4 Å². The summed E-state index contributed by atoms with van der Waals surface area (Å²) in [6, 6.07) is 9.88. The molecular weight excluding hydrogens is 348 g/mol. The third-order valence-corrected chi connectivity index (χ3v) is 6.56. The van der Waals surface area contributed by atoms with Crippen LogP contribution >= 0.6 is 28.7 Å². The number of halogens is 1. The molecule has 0 aromatic heterocycles. The molecule has 1 aromatic carbocycles. The van der Waals surface area contributed by atoms with Gasteiger partial charge in [0.1, 0.15) is 0 Å². The van der Waals surface area contributed by atoms with E-state index >= 15 is 0 Å². The minimum Gasteiger partial charge on any atom is -0.342 e. The lowest BCUT2D eigenvalue weighted by atomic mass is 10.1. The van der Waals surface area contributed by atoms with Gasteiger partial charge in [-0.15, -0.1) is 17.0 Å². The van der Waals surface area contributed by atoms with E-state index in [1.54, 1.807) is 0 Å². The van der Waals surface area contributed by atoms with Gasteiger partial charge < -0.3 is 4.90 Å². The van der Waals surface area contributed by atoms with Gasteiger partial charge in [0.25, 0.3) is 0 Å². The number of benzene rings is 1. The first kappa shape index (κ1) is 14.9. The maximum Gasteiger partial charge on any atom is 0.157 e. The molecule has 0 amide bonds. The Kier molecular flexibility index (Phi) is 4.27. The lowest BCUT2D eigenvalue weighted by Gasteiger charge is -2.23. The molecule has 104 valence electrons. The normalized spacial score (nSPS) is 28.0. The second kappa shape index (κ2) is 5.46. The van der Waals surface area contributed by atoms with E-state index in [1.165, 1.54) is 11.8 Å². The second-order valence-corrected chi connectivity index (χ2v) is 8.10. The predicted octanol–water partition coefficient (Wildman–Crippen LogP) is 1.91. The molecule has 1 aromatic rings. The topological polar surface area (TPSA) is 61.2 Å². The van der Waals surface area contributed by atoms with Gasteiger partial charge in [0, 0.05) is 11.8 Å². The molecule has 0 saturated carbocycles. The minimum absolute atomic E-state index is 0. The summed E-state index contributed by atoms with van der Waals surface area (Å²) in [6.45, 7) is 0.628. The molecule has 1 N–H and O–H groups in total. The zero-order valence-electron chi connectivity index (χ0n) is 10.2. The molecule has 19 heavy (non-hydrogen) atoms. The van der Waals surface area contributed by atoms with Crippen molar-refractivity contribution in [2.75, 3.05) is 11.5 Å². The predicted molar refractivity (Wildman–Crippen MR) is 83.9 cm³/mol. The van der Waals surface area contributed by atoms with E-state index in [0.29, 0.717) is 11.7 Å². The fraction of sp³-hybridized carbons (Fsp3) is 0.417. The Labute approximate surface area is 127 Å². The average molecular weight is 363 g/mol. The van der Waals surface area contributed by atoms with Gasteiger partial charge in [-0.3, -0.25) is 5.41 Å². The number of hydrogen-bond donors (Lipinski definition) is 1. The van der Waals surface area contributed by atoms with Crippen molar-refractivity contribution in [3.63, 3.8) is 0 Å². The Bertz CT molecular complexity index is 577. The summed E-state index contributed by atoms with van der Waals surface area (Å²) >= 11 is 1.40. The molecular formula is C12H15BrN2O2S2. The molecule has 4 nitrogen and oxygen atoms in total. The minimum atomic E-state index is -2.91. The van der Waals surface area contributed by atoms with Crippen LogP contribution in [0.1, 0.15) is 5.56 Å². The Balaban J connectivity index is 0.00000133. The van der Waals surface area contributed by atoms with Crippen molar-refractivity contribution < 1.29 is 8.42 Å². The standard InChI is InChI=1S/C12H14N2O2S2.BrH/c13-12-14(6-9-4-2-1-3-5-9)10-7-18(15,16)8-11(10)17-12;/h1-5,10-11,13H,6-8H2;1H. The number of thioether (sulfide) groups is 1. The maximum atomic E-state index is 11.6. The van der Waals surface area contributed by atoms with Crippen molar-refractivity contribution in [2.45, 2.75) is 17.8 Å². The lowest BCUT2D eigenvalue weighted by molar-refractivity contribution is 0.349. The van der Waals surface area contributed by atoms with Crippen molar-refractivity contribution in [3.8, 4) is 0 Å². The molecule has 0 radical (unpaired) electrons.